The van der Waals surface area contributed by atoms with Crippen molar-refractivity contribution in [1.82, 2.24) is 10.3 Å². The fourth-order valence-corrected chi connectivity index (χ4v) is 3.00. The zero-order chi connectivity index (χ0) is 20.5. The number of amides is 3. The molecule has 2 aromatic rings. The lowest BCUT2D eigenvalue weighted by Crippen LogP contribution is -2.44. The minimum absolute atomic E-state index is 0.123. The van der Waals surface area contributed by atoms with Gasteiger partial charge in [-0.25, -0.2) is 4.79 Å². The molecule has 0 saturated carbocycles. The van der Waals surface area contributed by atoms with E-state index < -0.39 is 6.10 Å². The molecule has 1 aromatic heterocycles. The van der Waals surface area contributed by atoms with Crippen molar-refractivity contribution in [3.8, 4) is 5.88 Å². The average molecular weight is 382 g/mol. The van der Waals surface area contributed by atoms with Crippen LogP contribution in [0.2, 0.25) is 0 Å². The lowest BCUT2D eigenvalue weighted by molar-refractivity contribution is -0.125. The molecular formula is C21H26N4O3. The molecule has 148 valence electrons. The zero-order valence-electron chi connectivity index (χ0n) is 16.9. The molecule has 1 aromatic carbocycles. The Morgan fingerprint density at radius 2 is 2.00 bits per heavy atom. The van der Waals surface area contributed by atoms with Crippen LogP contribution in [0.5, 0.6) is 5.88 Å². The molecule has 2 N–H and O–H groups in total. The highest BCUT2D eigenvalue weighted by Crippen LogP contribution is 2.34. The summed E-state index contributed by atoms with van der Waals surface area (Å²) in [6.07, 6.45) is -0.650. The minimum atomic E-state index is -0.650. The standard InChI is InChI=1S/C21H26N4O3/c1-13-7-6-8-15(11-13)12-25-16-9-10-17(23-20(27)24-21(3,4)5)22-18(16)28-14(2)19(25)26/h6-11,14H,12H2,1-5H3,(H2,22,23,24,27)/t14-/m0/s1. The number of benzene rings is 1. The number of hydrogen-bond acceptors (Lipinski definition) is 4. The Kier molecular flexibility index (Phi) is 5.27. The average Bonchev–Trinajstić information content (AvgIpc) is 2.57. The van der Waals surface area contributed by atoms with Crippen molar-refractivity contribution in [2.75, 3.05) is 10.2 Å². The fraction of sp³-hybridized carbons (Fsp3) is 0.381. The number of aromatic nitrogens is 1. The van der Waals surface area contributed by atoms with E-state index in [1.807, 2.05) is 52.0 Å². The van der Waals surface area contributed by atoms with Gasteiger partial charge in [-0.05, 0) is 52.3 Å². The third kappa shape index (κ3) is 4.60. The smallest absolute Gasteiger partial charge is 0.320 e. The molecule has 0 saturated heterocycles. The van der Waals surface area contributed by atoms with E-state index in [-0.39, 0.29) is 17.5 Å². The Hall–Kier alpha value is -3.09. The topological polar surface area (TPSA) is 83.6 Å². The number of carbonyl (C=O) groups excluding carboxylic acids is 2. The Balaban J connectivity index is 1.84. The van der Waals surface area contributed by atoms with Crippen LogP contribution in [0.3, 0.4) is 0 Å². The summed E-state index contributed by atoms with van der Waals surface area (Å²) in [7, 11) is 0. The van der Waals surface area contributed by atoms with Crippen LogP contribution >= 0.6 is 0 Å². The molecule has 1 aliphatic rings. The number of nitrogens with one attached hydrogen (secondary N) is 2. The van der Waals surface area contributed by atoms with E-state index in [4.69, 9.17) is 4.74 Å². The van der Waals surface area contributed by atoms with Crippen LogP contribution in [0, 0.1) is 6.92 Å². The summed E-state index contributed by atoms with van der Waals surface area (Å²) in [5.41, 5.74) is 2.39. The molecular weight excluding hydrogens is 356 g/mol. The molecule has 0 unspecified atom stereocenters. The second kappa shape index (κ2) is 7.50. The molecule has 0 radical (unpaired) electrons. The van der Waals surface area contributed by atoms with E-state index >= 15 is 0 Å². The van der Waals surface area contributed by atoms with E-state index in [1.165, 1.54) is 0 Å². The first kappa shape index (κ1) is 19.7. The number of aryl methyl sites for hydroxylation is 1. The zero-order valence-corrected chi connectivity index (χ0v) is 16.9. The third-order valence-corrected chi connectivity index (χ3v) is 4.19. The molecule has 0 bridgehead atoms. The number of rotatable bonds is 3. The van der Waals surface area contributed by atoms with E-state index in [2.05, 4.69) is 15.6 Å². The van der Waals surface area contributed by atoms with Gasteiger partial charge in [0.15, 0.2) is 6.10 Å². The Morgan fingerprint density at radius 3 is 2.68 bits per heavy atom. The van der Waals surface area contributed by atoms with Crippen molar-refractivity contribution in [2.24, 2.45) is 0 Å². The van der Waals surface area contributed by atoms with Gasteiger partial charge < -0.3 is 10.1 Å². The summed E-state index contributed by atoms with van der Waals surface area (Å²) in [4.78, 5) is 30.8. The Morgan fingerprint density at radius 1 is 1.25 bits per heavy atom. The largest absolute Gasteiger partial charge is 0.463 e. The maximum absolute atomic E-state index is 12.7. The molecule has 0 spiro atoms. The predicted molar refractivity (Wildman–Crippen MR) is 109 cm³/mol. The summed E-state index contributed by atoms with van der Waals surface area (Å²) >= 11 is 0. The van der Waals surface area contributed by atoms with E-state index in [1.54, 1.807) is 24.0 Å². The summed E-state index contributed by atoms with van der Waals surface area (Å²) < 4.78 is 5.68. The Bertz CT molecular complexity index is 905. The normalized spacial score (nSPS) is 16.2. The van der Waals surface area contributed by atoms with Gasteiger partial charge in [0.05, 0.1) is 6.54 Å². The van der Waals surface area contributed by atoms with Crippen molar-refractivity contribution >= 4 is 23.4 Å². The van der Waals surface area contributed by atoms with Crippen molar-refractivity contribution in [2.45, 2.75) is 52.8 Å². The maximum atomic E-state index is 12.7. The molecule has 0 aliphatic carbocycles. The van der Waals surface area contributed by atoms with Gasteiger partial charge in [-0.15, -0.1) is 0 Å². The molecule has 3 amide bonds. The summed E-state index contributed by atoms with van der Waals surface area (Å²) in [6.45, 7) is 9.83. The van der Waals surface area contributed by atoms with Crippen LogP contribution in [0.4, 0.5) is 16.3 Å². The van der Waals surface area contributed by atoms with Crippen molar-refractivity contribution < 1.29 is 14.3 Å². The molecule has 0 fully saturated rings. The number of nitrogens with zero attached hydrogens (tertiary/aromatic N) is 2. The molecule has 1 aliphatic heterocycles. The summed E-state index contributed by atoms with van der Waals surface area (Å²) in [5.74, 6) is 0.563. The van der Waals surface area contributed by atoms with Crippen LogP contribution in [-0.4, -0.2) is 28.6 Å². The number of fused-ring (bicyclic) bond motifs is 1. The lowest BCUT2D eigenvalue weighted by Gasteiger charge is -2.32. The van der Waals surface area contributed by atoms with Gasteiger partial charge in [-0.2, -0.15) is 4.98 Å². The van der Waals surface area contributed by atoms with Crippen LogP contribution in [0.15, 0.2) is 36.4 Å². The first-order chi connectivity index (χ1) is 13.1. The van der Waals surface area contributed by atoms with Gasteiger partial charge in [0, 0.05) is 5.54 Å². The van der Waals surface area contributed by atoms with Gasteiger partial charge in [0.1, 0.15) is 11.5 Å². The maximum Gasteiger partial charge on any atom is 0.320 e. The highest BCUT2D eigenvalue weighted by atomic mass is 16.5. The van der Waals surface area contributed by atoms with Crippen LogP contribution in [-0.2, 0) is 11.3 Å². The van der Waals surface area contributed by atoms with Crippen LogP contribution in [0.1, 0.15) is 38.8 Å². The number of carbonyl (C=O) groups is 2. The molecule has 1 atom stereocenters. The third-order valence-electron chi connectivity index (χ3n) is 4.19. The van der Waals surface area contributed by atoms with Crippen molar-refractivity contribution in [1.29, 1.82) is 0 Å². The van der Waals surface area contributed by atoms with Gasteiger partial charge in [0.2, 0.25) is 5.88 Å². The SMILES string of the molecule is Cc1cccc(CN2C(=O)[C@H](C)Oc3nc(NC(=O)NC(C)(C)C)ccc32)c1. The van der Waals surface area contributed by atoms with Crippen LogP contribution < -0.4 is 20.3 Å². The first-order valence-corrected chi connectivity index (χ1v) is 9.26. The molecule has 28 heavy (non-hydrogen) atoms. The number of pyridine rings is 1. The van der Waals surface area contributed by atoms with Crippen molar-refractivity contribution in [3.05, 3.63) is 47.5 Å². The van der Waals surface area contributed by atoms with Gasteiger partial charge >= 0.3 is 6.03 Å². The van der Waals surface area contributed by atoms with Gasteiger partial charge in [-0.3, -0.25) is 15.0 Å². The Labute approximate surface area is 165 Å². The quantitative estimate of drug-likeness (QED) is 0.849. The number of urea groups is 1. The summed E-state index contributed by atoms with van der Waals surface area (Å²) in [6, 6.07) is 11.1. The van der Waals surface area contributed by atoms with Crippen molar-refractivity contribution in [3.63, 3.8) is 0 Å². The molecule has 7 heteroatoms. The number of ether oxygens (including phenoxy) is 1. The summed E-state index contributed by atoms with van der Waals surface area (Å²) in [5, 5.41) is 5.52. The molecule has 2 heterocycles. The highest BCUT2D eigenvalue weighted by Gasteiger charge is 2.33. The minimum Gasteiger partial charge on any atom is -0.463 e. The number of hydrogen-bond donors (Lipinski definition) is 2. The van der Waals surface area contributed by atoms with E-state index in [0.29, 0.717) is 23.9 Å². The monoisotopic (exact) mass is 382 g/mol. The second-order valence-corrected chi connectivity index (χ2v) is 8.02. The molecule has 3 rings (SSSR count). The lowest BCUT2D eigenvalue weighted by atomic mass is 10.1. The van der Waals surface area contributed by atoms with Crippen LogP contribution in [0.25, 0.3) is 0 Å². The van der Waals surface area contributed by atoms with Gasteiger partial charge in [0.25, 0.3) is 5.91 Å². The van der Waals surface area contributed by atoms with E-state index in [9.17, 15) is 9.59 Å². The first-order valence-electron chi connectivity index (χ1n) is 9.26. The molecule has 7 nitrogen and oxygen atoms in total. The predicted octanol–water partition coefficient (Wildman–Crippen LogP) is 3.62. The second-order valence-electron chi connectivity index (χ2n) is 8.02. The van der Waals surface area contributed by atoms with E-state index in [0.717, 1.165) is 11.1 Å². The fourth-order valence-electron chi connectivity index (χ4n) is 3.00. The highest BCUT2D eigenvalue weighted by molar-refractivity contribution is 5.99. The number of anilines is 2. The van der Waals surface area contributed by atoms with Gasteiger partial charge in [-0.1, -0.05) is 29.8 Å².